The van der Waals surface area contributed by atoms with Crippen LogP contribution in [0.2, 0.25) is 0 Å². The third-order valence-electron chi connectivity index (χ3n) is 3.83. The van der Waals surface area contributed by atoms with Crippen LogP contribution in [-0.2, 0) is 0 Å². The molecule has 0 amide bonds. The number of hydrogen-bond acceptors (Lipinski definition) is 4. The zero-order valence-electron chi connectivity index (χ0n) is 12.9. The summed E-state index contributed by atoms with van der Waals surface area (Å²) in [7, 11) is 1.63. The summed E-state index contributed by atoms with van der Waals surface area (Å²) in [6.45, 7) is 0. The molecule has 0 unspecified atom stereocenters. The number of rotatable bonds is 3. The van der Waals surface area contributed by atoms with E-state index >= 15 is 0 Å². The molecule has 2 aromatic carbocycles. The molecule has 0 fully saturated rings. The highest BCUT2D eigenvalue weighted by molar-refractivity contribution is 7.21. The minimum atomic E-state index is -0.137. The number of pyridine rings is 1. The van der Waals surface area contributed by atoms with Crippen molar-refractivity contribution in [2.75, 3.05) is 7.11 Å². The summed E-state index contributed by atoms with van der Waals surface area (Å²) in [5, 5.41) is 0.735. The van der Waals surface area contributed by atoms with Crippen molar-refractivity contribution in [1.29, 1.82) is 0 Å². The van der Waals surface area contributed by atoms with E-state index in [1.807, 2.05) is 60.7 Å². The highest BCUT2D eigenvalue weighted by Crippen LogP contribution is 2.29. The molecule has 0 aliphatic rings. The number of ether oxygens (including phenoxy) is 1. The van der Waals surface area contributed by atoms with Crippen LogP contribution in [0.1, 0.15) is 0 Å². The summed E-state index contributed by atoms with van der Waals surface area (Å²) < 4.78 is 6.23. The first-order valence-corrected chi connectivity index (χ1v) is 8.30. The van der Waals surface area contributed by atoms with Crippen molar-refractivity contribution in [2.45, 2.75) is 0 Å². The van der Waals surface area contributed by atoms with Crippen LogP contribution in [0, 0.1) is 0 Å². The Bertz CT molecular complexity index is 1030. The van der Waals surface area contributed by atoms with Gasteiger partial charge in [-0.15, -0.1) is 11.3 Å². The summed E-state index contributed by atoms with van der Waals surface area (Å²) in [6.07, 6.45) is 0. The van der Waals surface area contributed by atoms with Crippen LogP contribution in [0.3, 0.4) is 0 Å². The van der Waals surface area contributed by atoms with Crippen LogP contribution in [0.15, 0.2) is 65.5 Å². The van der Waals surface area contributed by atoms with Gasteiger partial charge in [0.25, 0.3) is 5.56 Å². The average Bonchev–Trinajstić information content (AvgIpc) is 3.05. The number of aromatic amines is 1. The second-order valence-corrected chi connectivity index (χ2v) is 6.36. The van der Waals surface area contributed by atoms with Gasteiger partial charge in [0.1, 0.15) is 10.8 Å². The number of fused-ring (bicyclic) bond motifs is 1. The van der Waals surface area contributed by atoms with Gasteiger partial charge in [0.15, 0.2) is 0 Å². The number of aromatic nitrogens is 2. The van der Waals surface area contributed by atoms with Crippen molar-refractivity contribution in [1.82, 2.24) is 9.97 Å². The van der Waals surface area contributed by atoms with E-state index < -0.39 is 0 Å². The number of methoxy groups -OCH3 is 1. The van der Waals surface area contributed by atoms with Crippen molar-refractivity contribution < 1.29 is 4.74 Å². The van der Waals surface area contributed by atoms with Crippen LogP contribution < -0.4 is 10.3 Å². The van der Waals surface area contributed by atoms with Gasteiger partial charge >= 0.3 is 0 Å². The number of benzene rings is 2. The number of thiazole rings is 1. The maximum Gasteiger partial charge on any atom is 0.258 e. The van der Waals surface area contributed by atoms with E-state index in [4.69, 9.17) is 4.74 Å². The molecule has 0 radical (unpaired) electrons. The molecule has 0 saturated heterocycles. The summed E-state index contributed by atoms with van der Waals surface area (Å²) in [5.74, 6) is 0.784. The molecule has 0 spiro atoms. The molecule has 0 aliphatic heterocycles. The highest BCUT2D eigenvalue weighted by Gasteiger charge is 2.10. The van der Waals surface area contributed by atoms with E-state index in [0.29, 0.717) is 5.56 Å². The molecule has 0 aliphatic carbocycles. The Balaban J connectivity index is 1.74. The Morgan fingerprint density at radius 1 is 1.00 bits per heavy atom. The van der Waals surface area contributed by atoms with Crippen LogP contribution in [-0.4, -0.2) is 17.1 Å². The number of H-pyrrole nitrogens is 1. The number of nitrogens with one attached hydrogen (secondary N) is 1. The lowest BCUT2D eigenvalue weighted by atomic mass is 10.1. The van der Waals surface area contributed by atoms with Crippen molar-refractivity contribution in [3.05, 3.63) is 71.0 Å². The van der Waals surface area contributed by atoms with E-state index in [-0.39, 0.29) is 5.56 Å². The molecule has 2 aromatic heterocycles. The Kier molecular flexibility index (Phi) is 3.63. The molecule has 4 rings (SSSR count). The van der Waals surface area contributed by atoms with Gasteiger partial charge in [0.05, 0.1) is 22.9 Å². The zero-order valence-corrected chi connectivity index (χ0v) is 13.8. The van der Waals surface area contributed by atoms with E-state index in [0.717, 1.165) is 32.2 Å². The van der Waals surface area contributed by atoms with E-state index in [1.54, 1.807) is 7.11 Å². The predicted molar refractivity (Wildman–Crippen MR) is 97.7 cm³/mol. The lowest BCUT2D eigenvalue weighted by Gasteiger charge is -2.04. The lowest BCUT2D eigenvalue weighted by molar-refractivity contribution is 0.415. The third-order valence-corrected chi connectivity index (χ3v) is 4.90. The maximum absolute atomic E-state index is 12.5. The lowest BCUT2D eigenvalue weighted by Crippen LogP contribution is -2.09. The van der Waals surface area contributed by atoms with Gasteiger partial charge in [-0.1, -0.05) is 12.1 Å². The number of nitrogens with zero attached hydrogens (tertiary/aromatic N) is 1. The molecule has 0 atom stereocenters. The first kappa shape index (κ1) is 14.7. The van der Waals surface area contributed by atoms with Crippen molar-refractivity contribution in [3.8, 4) is 27.6 Å². The minimum Gasteiger partial charge on any atom is -0.497 e. The fourth-order valence-electron chi connectivity index (χ4n) is 2.57. The van der Waals surface area contributed by atoms with Crippen LogP contribution in [0.5, 0.6) is 5.75 Å². The molecule has 118 valence electrons. The van der Waals surface area contributed by atoms with Gasteiger partial charge < -0.3 is 9.72 Å². The normalized spacial score (nSPS) is 10.9. The Hall–Kier alpha value is -2.92. The van der Waals surface area contributed by atoms with Gasteiger partial charge in [0.2, 0.25) is 0 Å². The fraction of sp³-hybridized carbons (Fsp3) is 0.0526. The van der Waals surface area contributed by atoms with Crippen molar-refractivity contribution >= 4 is 21.6 Å². The zero-order chi connectivity index (χ0) is 16.5. The number of hydrogen-bond donors (Lipinski definition) is 1. The molecule has 1 N–H and O–H groups in total. The summed E-state index contributed by atoms with van der Waals surface area (Å²) >= 11 is 1.52. The second-order valence-electron chi connectivity index (χ2n) is 5.33. The SMILES string of the molecule is COc1ccc(-c2ccc(-c3nc4ccccc4s3)c(=O)[nH]2)cc1. The molecule has 4 aromatic rings. The van der Waals surface area contributed by atoms with E-state index in [1.165, 1.54) is 11.3 Å². The van der Waals surface area contributed by atoms with E-state index in [2.05, 4.69) is 9.97 Å². The first-order valence-electron chi connectivity index (χ1n) is 7.48. The summed E-state index contributed by atoms with van der Waals surface area (Å²) in [6, 6.07) is 19.2. The molecular formula is C19H14N2O2S. The van der Waals surface area contributed by atoms with Gasteiger partial charge in [-0.05, 0) is 54.1 Å². The second kappa shape index (κ2) is 5.94. The van der Waals surface area contributed by atoms with Gasteiger partial charge in [-0.3, -0.25) is 4.79 Å². The molecule has 4 nitrogen and oxygen atoms in total. The maximum atomic E-state index is 12.5. The monoisotopic (exact) mass is 334 g/mol. The molecule has 5 heteroatoms. The van der Waals surface area contributed by atoms with Crippen LogP contribution >= 0.6 is 11.3 Å². The Morgan fingerprint density at radius 3 is 2.50 bits per heavy atom. The topological polar surface area (TPSA) is 55.0 Å². The quantitative estimate of drug-likeness (QED) is 0.607. The fourth-order valence-corrected chi connectivity index (χ4v) is 3.56. The highest BCUT2D eigenvalue weighted by atomic mass is 32.1. The largest absolute Gasteiger partial charge is 0.497 e. The summed E-state index contributed by atoms with van der Waals surface area (Å²) in [5.41, 5.74) is 3.07. The average molecular weight is 334 g/mol. The van der Waals surface area contributed by atoms with Gasteiger partial charge in [-0.25, -0.2) is 4.98 Å². The van der Waals surface area contributed by atoms with Crippen molar-refractivity contribution in [3.63, 3.8) is 0 Å². The Morgan fingerprint density at radius 2 is 1.79 bits per heavy atom. The number of para-hydroxylation sites is 1. The molecular weight excluding hydrogens is 320 g/mol. The van der Waals surface area contributed by atoms with E-state index in [9.17, 15) is 4.79 Å². The van der Waals surface area contributed by atoms with Gasteiger partial charge in [0, 0.05) is 5.69 Å². The predicted octanol–water partition coefficient (Wildman–Crippen LogP) is 4.33. The van der Waals surface area contributed by atoms with Crippen LogP contribution in [0.4, 0.5) is 0 Å². The summed E-state index contributed by atoms with van der Waals surface area (Å²) in [4.78, 5) is 20.0. The van der Waals surface area contributed by atoms with Crippen LogP contribution in [0.25, 0.3) is 32.0 Å². The standard InChI is InChI=1S/C19H14N2O2S/c1-23-13-8-6-12(7-9-13)15-11-10-14(18(22)20-15)19-21-16-4-2-3-5-17(16)24-19/h2-11H,1H3,(H,20,22). The smallest absolute Gasteiger partial charge is 0.258 e. The molecule has 2 heterocycles. The van der Waals surface area contributed by atoms with Crippen molar-refractivity contribution in [2.24, 2.45) is 0 Å². The molecule has 0 saturated carbocycles. The third kappa shape index (κ3) is 2.59. The first-order chi connectivity index (χ1) is 11.7. The molecule has 0 bridgehead atoms. The minimum absolute atomic E-state index is 0.137. The Labute approximate surface area is 142 Å². The molecule has 24 heavy (non-hydrogen) atoms. The van der Waals surface area contributed by atoms with Gasteiger partial charge in [-0.2, -0.15) is 0 Å².